The molecule has 9 heteroatoms. The number of aldehydes is 1. The van der Waals surface area contributed by atoms with Crippen molar-refractivity contribution in [3.8, 4) is 11.6 Å². The van der Waals surface area contributed by atoms with Crippen molar-refractivity contribution in [2.24, 2.45) is 0 Å². The Bertz CT molecular complexity index is 857. The van der Waals surface area contributed by atoms with Crippen LogP contribution in [0.25, 0.3) is 4.96 Å². The number of nitro groups is 1. The molecule has 7 nitrogen and oxygen atoms in total. The van der Waals surface area contributed by atoms with Gasteiger partial charge in [-0.2, -0.15) is 4.98 Å². The first-order chi connectivity index (χ1) is 10.1. The van der Waals surface area contributed by atoms with Crippen LogP contribution in [0.2, 0.25) is 0 Å². The minimum Gasteiger partial charge on any atom is -0.430 e. The van der Waals surface area contributed by atoms with Crippen molar-refractivity contribution in [3.63, 3.8) is 0 Å². The number of imidazole rings is 1. The number of hydrogen-bond donors (Lipinski definition) is 0. The van der Waals surface area contributed by atoms with E-state index in [1.807, 2.05) is 0 Å². The maximum Gasteiger partial charge on any atom is 0.314 e. The van der Waals surface area contributed by atoms with E-state index in [0.29, 0.717) is 11.2 Å². The topological polar surface area (TPSA) is 86.7 Å². The predicted molar refractivity (Wildman–Crippen MR) is 71.6 cm³/mol. The van der Waals surface area contributed by atoms with Crippen LogP contribution in [0.15, 0.2) is 29.8 Å². The summed E-state index contributed by atoms with van der Waals surface area (Å²) in [4.78, 5) is 25.9. The van der Waals surface area contributed by atoms with Gasteiger partial charge in [0.05, 0.1) is 11.0 Å². The highest BCUT2D eigenvalue weighted by molar-refractivity contribution is 7.15. The number of nitrogens with zero attached hydrogens (tertiary/aromatic N) is 3. The van der Waals surface area contributed by atoms with Gasteiger partial charge >= 0.3 is 5.69 Å². The van der Waals surface area contributed by atoms with Crippen LogP contribution in [0.5, 0.6) is 11.6 Å². The lowest BCUT2D eigenvalue weighted by Gasteiger charge is -2.04. The van der Waals surface area contributed by atoms with Gasteiger partial charge in [-0.3, -0.25) is 19.3 Å². The van der Waals surface area contributed by atoms with E-state index < -0.39 is 16.4 Å². The quantitative estimate of drug-likeness (QED) is 0.420. The van der Waals surface area contributed by atoms with Crippen LogP contribution < -0.4 is 4.74 Å². The molecule has 0 bridgehead atoms. The summed E-state index contributed by atoms with van der Waals surface area (Å²) in [6, 6.07) is 2.89. The molecule has 0 saturated carbocycles. The number of carbonyl (C=O) groups excluding carboxylic acids is 1. The van der Waals surface area contributed by atoms with Gasteiger partial charge in [-0.05, 0) is 12.1 Å². The van der Waals surface area contributed by atoms with Crippen LogP contribution >= 0.6 is 11.3 Å². The number of carbonyl (C=O) groups is 1. The summed E-state index contributed by atoms with van der Waals surface area (Å²) in [7, 11) is 0. The molecule has 0 aliphatic rings. The second kappa shape index (κ2) is 4.94. The van der Waals surface area contributed by atoms with Crippen molar-refractivity contribution < 1.29 is 18.8 Å². The molecule has 0 atom stereocenters. The Balaban J connectivity index is 2.08. The lowest BCUT2D eigenvalue weighted by atomic mass is 10.3. The molecule has 0 N–H and O–H groups in total. The molecule has 3 aromatic rings. The van der Waals surface area contributed by atoms with Crippen molar-refractivity contribution in [1.29, 1.82) is 0 Å². The summed E-state index contributed by atoms with van der Waals surface area (Å²) < 4.78 is 19.9. The second-order valence-electron chi connectivity index (χ2n) is 3.95. The summed E-state index contributed by atoms with van der Waals surface area (Å²) >= 11 is 1.28. The number of nitro benzene ring substituents is 1. The monoisotopic (exact) mass is 307 g/mol. The van der Waals surface area contributed by atoms with E-state index in [1.165, 1.54) is 15.7 Å². The molecule has 0 radical (unpaired) electrons. The first-order valence-corrected chi connectivity index (χ1v) is 6.50. The normalized spacial score (nSPS) is 10.7. The minimum atomic E-state index is -0.766. The van der Waals surface area contributed by atoms with Gasteiger partial charge in [0.25, 0.3) is 0 Å². The number of aromatic nitrogens is 2. The SMILES string of the molecule is O=Cc1c(Oc2ccc(F)cc2[N+](=O)[O-])nc2sccn12. The van der Waals surface area contributed by atoms with Crippen LogP contribution in [0.1, 0.15) is 10.5 Å². The molecule has 3 rings (SSSR count). The molecule has 0 aliphatic carbocycles. The smallest absolute Gasteiger partial charge is 0.314 e. The number of halogens is 1. The molecule has 0 unspecified atom stereocenters. The van der Waals surface area contributed by atoms with E-state index in [-0.39, 0.29) is 17.3 Å². The van der Waals surface area contributed by atoms with Gasteiger partial charge in [0.2, 0.25) is 11.6 Å². The van der Waals surface area contributed by atoms with Gasteiger partial charge in [0.15, 0.2) is 16.9 Å². The zero-order valence-electron chi connectivity index (χ0n) is 10.2. The Morgan fingerprint density at radius 3 is 3.00 bits per heavy atom. The fourth-order valence-corrected chi connectivity index (χ4v) is 2.50. The molecule has 0 saturated heterocycles. The summed E-state index contributed by atoms with van der Waals surface area (Å²) in [5.41, 5.74) is -0.409. The first-order valence-electron chi connectivity index (χ1n) is 5.62. The van der Waals surface area contributed by atoms with E-state index in [9.17, 15) is 19.3 Å². The molecule has 0 amide bonds. The number of fused-ring (bicyclic) bond motifs is 1. The van der Waals surface area contributed by atoms with E-state index in [1.54, 1.807) is 11.6 Å². The standard InChI is InChI=1S/C12H6FN3O4S/c13-7-1-2-10(8(5-7)16(18)19)20-11-9(6-17)15-3-4-21-12(15)14-11/h1-6H. The van der Waals surface area contributed by atoms with Crippen molar-refractivity contribution in [2.75, 3.05) is 0 Å². The first kappa shape index (κ1) is 13.2. The summed E-state index contributed by atoms with van der Waals surface area (Å²) in [5.74, 6) is -1.00. The van der Waals surface area contributed by atoms with Crippen LogP contribution in [0.3, 0.4) is 0 Å². The van der Waals surface area contributed by atoms with Gasteiger partial charge in [-0.15, -0.1) is 11.3 Å². The highest BCUT2D eigenvalue weighted by Gasteiger charge is 2.21. The molecular weight excluding hydrogens is 301 g/mol. The van der Waals surface area contributed by atoms with Crippen LogP contribution in [-0.4, -0.2) is 20.6 Å². The molecular formula is C12H6FN3O4S. The third kappa shape index (κ3) is 2.23. The molecule has 21 heavy (non-hydrogen) atoms. The fraction of sp³-hybridized carbons (Fsp3) is 0. The zero-order valence-corrected chi connectivity index (χ0v) is 11.0. The van der Waals surface area contributed by atoms with Crippen molar-refractivity contribution in [3.05, 3.63) is 51.4 Å². The fourth-order valence-electron chi connectivity index (χ4n) is 1.79. The molecule has 1 aromatic carbocycles. The molecule has 2 heterocycles. The Morgan fingerprint density at radius 2 is 2.29 bits per heavy atom. The lowest BCUT2D eigenvalue weighted by Crippen LogP contribution is -1.97. The maximum absolute atomic E-state index is 13.1. The van der Waals surface area contributed by atoms with Crippen molar-refractivity contribution >= 4 is 28.3 Å². The molecule has 0 aliphatic heterocycles. The molecule has 0 fully saturated rings. The minimum absolute atomic E-state index is 0.0634. The Morgan fingerprint density at radius 1 is 1.48 bits per heavy atom. The number of hydrogen-bond acceptors (Lipinski definition) is 6. The summed E-state index contributed by atoms with van der Waals surface area (Å²) in [5, 5.41) is 12.6. The molecule has 0 spiro atoms. The Kier molecular flexibility index (Phi) is 3.10. The van der Waals surface area contributed by atoms with Crippen LogP contribution in [0.4, 0.5) is 10.1 Å². The third-order valence-corrected chi connectivity index (χ3v) is 3.46. The number of benzene rings is 1. The average molecular weight is 307 g/mol. The van der Waals surface area contributed by atoms with E-state index >= 15 is 0 Å². The van der Waals surface area contributed by atoms with Gasteiger partial charge in [0.1, 0.15) is 5.82 Å². The van der Waals surface area contributed by atoms with Gasteiger partial charge < -0.3 is 4.74 Å². The number of rotatable bonds is 4. The second-order valence-corrected chi connectivity index (χ2v) is 4.82. The van der Waals surface area contributed by atoms with Crippen LogP contribution in [-0.2, 0) is 0 Å². The van der Waals surface area contributed by atoms with Crippen molar-refractivity contribution in [1.82, 2.24) is 9.38 Å². The molecule has 2 aromatic heterocycles. The Labute approximate surface area is 120 Å². The Hall–Kier alpha value is -2.81. The van der Waals surface area contributed by atoms with Gasteiger partial charge in [-0.1, -0.05) is 0 Å². The van der Waals surface area contributed by atoms with Crippen molar-refractivity contribution in [2.45, 2.75) is 0 Å². The molecule has 106 valence electrons. The average Bonchev–Trinajstić information content (AvgIpc) is 3.00. The summed E-state index contributed by atoms with van der Waals surface area (Å²) in [6.07, 6.45) is 2.17. The maximum atomic E-state index is 13.1. The largest absolute Gasteiger partial charge is 0.430 e. The van der Waals surface area contributed by atoms with E-state index in [2.05, 4.69) is 4.98 Å². The van der Waals surface area contributed by atoms with E-state index in [4.69, 9.17) is 4.74 Å². The highest BCUT2D eigenvalue weighted by atomic mass is 32.1. The van der Waals surface area contributed by atoms with Gasteiger partial charge in [-0.25, -0.2) is 4.39 Å². The van der Waals surface area contributed by atoms with Gasteiger partial charge in [0, 0.05) is 11.6 Å². The van der Waals surface area contributed by atoms with E-state index in [0.717, 1.165) is 18.2 Å². The number of ether oxygens (including phenoxy) is 1. The predicted octanol–water partition coefficient (Wildman–Crippen LogP) is 3.05. The number of thiazole rings is 1. The highest BCUT2D eigenvalue weighted by Crippen LogP contribution is 2.33. The third-order valence-electron chi connectivity index (χ3n) is 2.70. The lowest BCUT2D eigenvalue weighted by molar-refractivity contribution is -0.385. The summed E-state index contributed by atoms with van der Waals surface area (Å²) in [6.45, 7) is 0. The van der Waals surface area contributed by atoms with Crippen LogP contribution in [0, 0.1) is 15.9 Å². The zero-order chi connectivity index (χ0) is 15.0.